The Hall–Kier alpha value is -2.63. The summed E-state index contributed by atoms with van der Waals surface area (Å²) in [7, 11) is 0. The van der Waals surface area contributed by atoms with Crippen molar-refractivity contribution in [1.82, 2.24) is 19.6 Å². The molecular weight excluding hydrogens is 384 g/mol. The van der Waals surface area contributed by atoms with Crippen LogP contribution in [0.25, 0.3) is 5.69 Å². The van der Waals surface area contributed by atoms with E-state index in [0.29, 0.717) is 18.7 Å². The summed E-state index contributed by atoms with van der Waals surface area (Å²) in [6.07, 6.45) is 1.70. The van der Waals surface area contributed by atoms with Crippen LogP contribution >= 0.6 is 11.6 Å². The van der Waals surface area contributed by atoms with Gasteiger partial charge in [-0.05, 0) is 43.2 Å². The van der Waals surface area contributed by atoms with Crippen LogP contribution in [0.2, 0.25) is 5.02 Å². The minimum absolute atomic E-state index is 0.0599. The molecule has 1 fully saturated rings. The summed E-state index contributed by atoms with van der Waals surface area (Å²) in [5.74, 6) is 0.0599. The topological polar surface area (TPSA) is 41.4 Å². The molecule has 4 rings (SSSR count). The van der Waals surface area contributed by atoms with Crippen molar-refractivity contribution in [2.75, 3.05) is 26.2 Å². The molecule has 1 aliphatic heterocycles. The Morgan fingerprint density at radius 2 is 1.79 bits per heavy atom. The third-order valence-corrected chi connectivity index (χ3v) is 5.77. The average molecular weight is 409 g/mol. The number of aryl methyl sites for hydroxylation is 1. The molecule has 0 atom stereocenters. The zero-order valence-corrected chi connectivity index (χ0v) is 17.6. The molecule has 0 spiro atoms. The summed E-state index contributed by atoms with van der Waals surface area (Å²) in [6, 6.07) is 16.0. The van der Waals surface area contributed by atoms with Crippen molar-refractivity contribution in [2.45, 2.75) is 20.4 Å². The van der Waals surface area contributed by atoms with Gasteiger partial charge in [-0.15, -0.1) is 0 Å². The molecular formula is C23H25ClN4O. The first-order valence-electron chi connectivity index (χ1n) is 9.89. The summed E-state index contributed by atoms with van der Waals surface area (Å²) < 4.78 is 1.86. The quantitative estimate of drug-likeness (QED) is 0.652. The standard InChI is InChI=1S/C23H25ClN4O/c1-17-6-3-4-9-22(17)28-18(2)21(15-25-28)23(29)27-12-10-26(11-13-27)16-19-7-5-8-20(24)14-19/h3-9,14-15H,10-13,16H2,1-2H3. The normalized spacial score (nSPS) is 14.9. The van der Waals surface area contributed by atoms with Gasteiger partial charge in [-0.25, -0.2) is 4.68 Å². The number of hydrogen-bond donors (Lipinski definition) is 0. The molecule has 6 heteroatoms. The van der Waals surface area contributed by atoms with Crippen LogP contribution in [-0.2, 0) is 6.54 Å². The number of benzene rings is 2. The van der Waals surface area contributed by atoms with E-state index in [9.17, 15) is 4.79 Å². The van der Waals surface area contributed by atoms with Crippen molar-refractivity contribution in [3.8, 4) is 5.69 Å². The predicted octanol–water partition coefficient (Wildman–Crippen LogP) is 4.10. The number of carbonyl (C=O) groups is 1. The number of halogens is 1. The van der Waals surface area contributed by atoms with Crippen LogP contribution in [0.3, 0.4) is 0 Å². The monoisotopic (exact) mass is 408 g/mol. The van der Waals surface area contributed by atoms with Crippen LogP contribution < -0.4 is 0 Å². The molecule has 0 N–H and O–H groups in total. The fourth-order valence-corrected chi connectivity index (χ4v) is 4.05. The van der Waals surface area contributed by atoms with Crippen LogP contribution in [0, 0.1) is 13.8 Å². The number of amides is 1. The zero-order valence-electron chi connectivity index (χ0n) is 16.8. The molecule has 0 radical (unpaired) electrons. The Morgan fingerprint density at radius 1 is 1.03 bits per heavy atom. The van der Waals surface area contributed by atoms with E-state index >= 15 is 0 Å². The lowest BCUT2D eigenvalue weighted by Gasteiger charge is -2.34. The van der Waals surface area contributed by atoms with Crippen LogP contribution in [0.5, 0.6) is 0 Å². The van der Waals surface area contributed by atoms with E-state index in [1.807, 2.05) is 52.9 Å². The van der Waals surface area contributed by atoms with E-state index in [1.54, 1.807) is 6.20 Å². The summed E-state index contributed by atoms with van der Waals surface area (Å²) in [4.78, 5) is 17.4. The molecule has 1 amide bonds. The summed E-state index contributed by atoms with van der Waals surface area (Å²) in [5.41, 5.74) is 4.90. The number of aromatic nitrogens is 2. The van der Waals surface area contributed by atoms with Gasteiger partial charge in [0.25, 0.3) is 5.91 Å². The molecule has 0 bridgehead atoms. The Balaban J connectivity index is 1.42. The van der Waals surface area contributed by atoms with Gasteiger partial charge in [0.1, 0.15) is 0 Å². The van der Waals surface area contributed by atoms with E-state index < -0.39 is 0 Å². The molecule has 3 aromatic rings. The highest BCUT2D eigenvalue weighted by Crippen LogP contribution is 2.20. The van der Waals surface area contributed by atoms with Gasteiger partial charge in [-0.1, -0.05) is 41.9 Å². The molecule has 29 heavy (non-hydrogen) atoms. The van der Waals surface area contributed by atoms with Crippen molar-refractivity contribution in [3.63, 3.8) is 0 Å². The third-order valence-electron chi connectivity index (χ3n) is 5.54. The van der Waals surface area contributed by atoms with Crippen LogP contribution in [0.15, 0.2) is 54.7 Å². The SMILES string of the molecule is Cc1ccccc1-n1ncc(C(=O)N2CCN(Cc3cccc(Cl)c3)CC2)c1C. The fraction of sp³-hybridized carbons (Fsp3) is 0.304. The minimum atomic E-state index is 0.0599. The molecule has 5 nitrogen and oxygen atoms in total. The number of carbonyl (C=O) groups excluding carboxylic acids is 1. The predicted molar refractivity (Wildman–Crippen MR) is 116 cm³/mol. The lowest BCUT2D eigenvalue weighted by Crippen LogP contribution is -2.48. The second-order valence-electron chi connectivity index (χ2n) is 7.54. The van der Waals surface area contributed by atoms with Crippen molar-refractivity contribution >= 4 is 17.5 Å². The third kappa shape index (κ3) is 4.21. The number of nitrogens with zero attached hydrogens (tertiary/aromatic N) is 4. The maximum Gasteiger partial charge on any atom is 0.257 e. The highest BCUT2D eigenvalue weighted by atomic mass is 35.5. The van der Waals surface area contributed by atoms with E-state index in [1.165, 1.54) is 5.56 Å². The molecule has 0 aliphatic carbocycles. The number of piperazine rings is 1. The van der Waals surface area contributed by atoms with Crippen molar-refractivity contribution in [2.24, 2.45) is 0 Å². The number of para-hydroxylation sites is 1. The first-order valence-corrected chi connectivity index (χ1v) is 10.3. The lowest BCUT2D eigenvalue weighted by atomic mass is 10.1. The van der Waals surface area contributed by atoms with Gasteiger partial charge < -0.3 is 4.90 Å². The Kier molecular flexibility index (Phi) is 5.69. The van der Waals surface area contributed by atoms with Crippen molar-refractivity contribution in [3.05, 3.63) is 82.1 Å². The lowest BCUT2D eigenvalue weighted by molar-refractivity contribution is 0.0627. The smallest absolute Gasteiger partial charge is 0.257 e. The number of hydrogen-bond acceptors (Lipinski definition) is 3. The molecule has 1 aliphatic rings. The minimum Gasteiger partial charge on any atom is -0.336 e. The summed E-state index contributed by atoms with van der Waals surface area (Å²) >= 11 is 6.09. The molecule has 0 unspecified atom stereocenters. The second kappa shape index (κ2) is 8.39. The maximum absolute atomic E-state index is 13.1. The van der Waals surface area contributed by atoms with Crippen LogP contribution in [0.4, 0.5) is 0 Å². The Morgan fingerprint density at radius 3 is 2.52 bits per heavy atom. The van der Waals surface area contributed by atoms with Gasteiger partial charge in [0.05, 0.1) is 23.1 Å². The van der Waals surface area contributed by atoms with Crippen LogP contribution in [-0.4, -0.2) is 51.7 Å². The van der Waals surface area contributed by atoms with Gasteiger partial charge in [0.15, 0.2) is 0 Å². The fourth-order valence-electron chi connectivity index (χ4n) is 3.84. The molecule has 0 saturated carbocycles. The highest BCUT2D eigenvalue weighted by Gasteiger charge is 2.25. The van der Waals surface area contributed by atoms with Crippen molar-refractivity contribution in [1.29, 1.82) is 0 Å². The molecule has 150 valence electrons. The highest BCUT2D eigenvalue weighted by molar-refractivity contribution is 6.30. The average Bonchev–Trinajstić information content (AvgIpc) is 3.09. The zero-order chi connectivity index (χ0) is 20.4. The van der Waals surface area contributed by atoms with Gasteiger partial charge in [-0.2, -0.15) is 5.10 Å². The molecule has 1 saturated heterocycles. The van der Waals surface area contributed by atoms with E-state index in [-0.39, 0.29) is 5.91 Å². The van der Waals surface area contributed by atoms with E-state index in [2.05, 4.69) is 29.1 Å². The Labute approximate surface area is 176 Å². The van der Waals surface area contributed by atoms with Crippen molar-refractivity contribution < 1.29 is 4.79 Å². The van der Waals surface area contributed by atoms with Gasteiger partial charge in [0, 0.05) is 37.7 Å². The molecule has 2 aromatic carbocycles. The Bertz CT molecular complexity index is 1020. The van der Waals surface area contributed by atoms with Gasteiger partial charge >= 0.3 is 0 Å². The maximum atomic E-state index is 13.1. The summed E-state index contributed by atoms with van der Waals surface area (Å²) in [5, 5.41) is 5.25. The van der Waals surface area contributed by atoms with E-state index in [4.69, 9.17) is 11.6 Å². The largest absolute Gasteiger partial charge is 0.336 e. The van der Waals surface area contributed by atoms with E-state index in [0.717, 1.165) is 41.6 Å². The number of rotatable bonds is 4. The molecule has 1 aromatic heterocycles. The molecule has 2 heterocycles. The van der Waals surface area contributed by atoms with Gasteiger partial charge in [0.2, 0.25) is 0 Å². The first-order chi connectivity index (χ1) is 14.0. The second-order valence-corrected chi connectivity index (χ2v) is 7.98. The van der Waals surface area contributed by atoms with Gasteiger partial charge in [-0.3, -0.25) is 9.69 Å². The summed E-state index contributed by atoms with van der Waals surface area (Å²) in [6.45, 7) is 8.00. The first kappa shape index (κ1) is 19.7. The van der Waals surface area contributed by atoms with Crippen LogP contribution in [0.1, 0.15) is 27.2 Å².